The van der Waals surface area contributed by atoms with Crippen LogP contribution < -0.4 is 5.32 Å². The molecule has 0 bridgehead atoms. The number of imide groups is 1. The van der Waals surface area contributed by atoms with Crippen molar-refractivity contribution in [2.75, 3.05) is 6.54 Å². The van der Waals surface area contributed by atoms with Gasteiger partial charge in [0.25, 0.3) is 5.91 Å². The molecule has 1 fully saturated rings. The predicted molar refractivity (Wildman–Crippen MR) is 85.6 cm³/mol. The number of urea groups is 1. The first-order valence-electron chi connectivity index (χ1n) is 7.70. The Labute approximate surface area is 135 Å². The minimum absolute atomic E-state index is 0.198. The van der Waals surface area contributed by atoms with Gasteiger partial charge in [-0.15, -0.1) is 0 Å². The van der Waals surface area contributed by atoms with Crippen LogP contribution in [0.1, 0.15) is 24.7 Å². The van der Waals surface area contributed by atoms with Crippen LogP contribution in [0.15, 0.2) is 42.7 Å². The van der Waals surface area contributed by atoms with E-state index in [-0.39, 0.29) is 11.9 Å². The molecule has 2 aromatic rings. The minimum Gasteiger partial charge on any atom is -0.335 e. The number of carbonyl (C=O) groups excluding carboxylic acids is 2. The molecule has 23 heavy (non-hydrogen) atoms. The van der Waals surface area contributed by atoms with Crippen molar-refractivity contribution in [2.24, 2.45) is 0 Å². The van der Waals surface area contributed by atoms with E-state index in [4.69, 9.17) is 0 Å². The zero-order valence-electron chi connectivity index (χ0n) is 13.3. The summed E-state index contributed by atoms with van der Waals surface area (Å²) in [5, 5.41) is 2.82. The summed E-state index contributed by atoms with van der Waals surface area (Å²) in [6.45, 7) is 4.80. The Morgan fingerprint density at radius 3 is 2.57 bits per heavy atom. The molecule has 1 aliphatic heterocycles. The highest BCUT2D eigenvalue weighted by molar-refractivity contribution is 6.07. The van der Waals surface area contributed by atoms with Crippen molar-refractivity contribution in [1.29, 1.82) is 0 Å². The molecule has 2 heterocycles. The Morgan fingerprint density at radius 2 is 1.91 bits per heavy atom. The van der Waals surface area contributed by atoms with E-state index in [0.29, 0.717) is 13.0 Å². The van der Waals surface area contributed by atoms with Crippen LogP contribution >= 0.6 is 0 Å². The molecule has 120 valence electrons. The van der Waals surface area contributed by atoms with E-state index in [2.05, 4.69) is 10.3 Å². The second-order valence-electron chi connectivity index (χ2n) is 5.90. The largest absolute Gasteiger partial charge is 0.335 e. The lowest BCUT2D eigenvalue weighted by molar-refractivity contribution is -0.131. The fourth-order valence-electron chi connectivity index (χ4n) is 2.91. The van der Waals surface area contributed by atoms with Gasteiger partial charge in [0.2, 0.25) is 0 Å². The van der Waals surface area contributed by atoms with E-state index in [1.54, 1.807) is 13.1 Å². The maximum atomic E-state index is 12.7. The van der Waals surface area contributed by atoms with Crippen LogP contribution in [-0.4, -0.2) is 32.9 Å². The first kappa shape index (κ1) is 15.3. The van der Waals surface area contributed by atoms with Gasteiger partial charge in [-0.25, -0.2) is 9.78 Å². The summed E-state index contributed by atoms with van der Waals surface area (Å²) < 4.78 is 2.01. The highest BCUT2D eigenvalue weighted by Crippen LogP contribution is 2.28. The SMILES string of the molecule is Cc1nccn1CCCN1C(=O)NC(C)(c2ccccc2)C1=O. The van der Waals surface area contributed by atoms with Gasteiger partial charge in [-0.1, -0.05) is 30.3 Å². The average molecular weight is 312 g/mol. The molecule has 3 amide bonds. The maximum Gasteiger partial charge on any atom is 0.325 e. The Kier molecular flexibility index (Phi) is 3.90. The molecular formula is C17H20N4O2. The Balaban J connectivity index is 1.68. The predicted octanol–water partition coefficient (Wildman–Crippen LogP) is 2.05. The first-order chi connectivity index (χ1) is 11.0. The van der Waals surface area contributed by atoms with Gasteiger partial charge in [0.15, 0.2) is 0 Å². The summed E-state index contributed by atoms with van der Waals surface area (Å²) in [5.41, 5.74) is -0.185. The standard InChI is InChI=1S/C17H20N4O2/c1-13-18-9-12-20(13)10-6-11-21-15(22)17(2,19-16(21)23)14-7-4-3-5-8-14/h3-5,7-9,12H,6,10-11H2,1-2H3,(H,19,23). The van der Waals surface area contributed by atoms with E-state index >= 15 is 0 Å². The number of aryl methyl sites for hydroxylation is 2. The minimum atomic E-state index is -0.983. The summed E-state index contributed by atoms with van der Waals surface area (Å²) in [6, 6.07) is 9.00. The summed E-state index contributed by atoms with van der Waals surface area (Å²) in [5.74, 6) is 0.729. The van der Waals surface area contributed by atoms with Gasteiger partial charge in [-0.3, -0.25) is 9.69 Å². The van der Waals surface area contributed by atoms with Gasteiger partial charge in [0.05, 0.1) is 0 Å². The lowest BCUT2D eigenvalue weighted by atomic mass is 9.92. The lowest BCUT2D eigenvalue weighted by Gasteiger charge is -2.22. The van der Waals surface area contributed by atoms with Crippen molar-refractivity contribution in [3.05, 3.63) is 54.1 Å². The first-order valence-corrected chi connectivity index (χ1v) is 7.70. The van der Waals surface area contributed by atoms with Gasteiger partial charge < -0.3 is 9.88 Å². The van der Waals surface area contributed by atoms with Crippen LogP contribution in [0.4, 0.5) is 4.79 Å². The van der Waals surface area contributed by atoms with Gasteiger partial charge in [0.1, 0.15) is 11.4 Å². The Morgan fingerprint density at radius 1 is 1.17 bits per heavy atom. The summed E-state index contributed by atoms with van der Waals surface area (Å²) in [4.78, 5) is 30.4. The number of aromatic nitrogens is 2. The van der Waals surface area contributed by atoms with Crippen LogP contribution in [0.25, 0.3) is 0 Å². The molecule has 6 heteroatoms. The van der Waals surface area contributed by atoms with E-state index in [1.807, 2.05) is 48.0 Å². The monoisotopic (exact) mass is 312 g/mol. The number of nitrogens with zero attached hydrogens (tertiary/aromatic N) is 3. The fraction of sp³-hybridized carbons (Fsp3) is 0.353. The molecule has 1 N–H and O–H groups in total. The second-order valence-corrected chi connectivity index (χ2v) is 5.90. The number of hydrogen-bond donors (Lipinski definition) is 1. The van der Waals surface area contributed by atoms with Gasteiger partial charge in [-0.2, -0.15) is 0 Å². The van der Waals surface area contributed by atoms with E-state index < -0.39 is 5.54 Å². The summed E-state index contributed by atoms with van der Waals surface area (Å²) >= 11 is 0. The molecule has 0 spiro atoms. The highest BCUT2D eigenvalue weighted by Gasteiger charge is 2.48. The molecule has 1 saturated heterocycles. The number of benzene rings is 1. The molecule has 6 nitrogen and oxygen atoms in total. The van der Waals surface area contributed by atoms with Crippen LogP contribution in [0.5, 0.6) is 0 Å². The molecule has 0 aliphatic carbocycles. The fourth-order valence-corrected chi connectivity index (χ4v) is 2.91. The van der Waals surface area contributed by atoms with Crippen LogP contribution in [-0.2, 0) is 16.9 Å². The van der Waals surface area contributed by atoms with Gasteiger partial charge in [-0.05, 0) is 25.8 Å². The average Bonchev–Trinajstić information content (AvgIpc) is 3.05. The smallest absolute Gasteiger partial charge is 0.325 e. The van der Waals surface area contributed by atoms with E-state index in [0.717, 1.165) is 17.9 Å². The number of amides is 3. The second kappa shape index (κ2) is 5.87. The topological polar surface area (TPSA) is 67.2 Å². The number of carbonyl (C=O) groups is 2. The molecule has 1 aromatic carbocycles. The molecule has 0 radical (unpaired) electrons. The van der Waals surface area contributed by atoms with Crippen molar-refractivity contribution in [3.8, 4) is 0 Å². The molecule has 1 atom stereocenters. The number of nitrogens with one attached hydrogen (secondary N) is 1. The lowest BCUT2D eigenvalue weighted by Crippen LogP contribution is -2.41. The number of hydrogen-bond acceptors (Lipinski definition) is 3. The highest BCUT2D eigenvalue weighted by atomic mass is 16.2. The van der Waals surface area contributed by atoms with Crippen molar-refractivity contribution in [2.45, 2.75) is 32.4 Å². The quantitative estimate of drug-likeness (QED) is 0.859. The molecule has 0 saturated carbocycles. The van der Waals surface area contributed by atoms with Crippen molar-refractivity contribution >= 4 is 11.9 Å². The van der Waals surface area contributed by atoms with E-state index in [1.165, 1.54) is 4.90 Å². The van der Waals surface area contributed by atoms with E-state index in [9.17, 15) is 9.59 Å². The zero-order chi connectivity index (χ0) is 16.4. The van der Waals surface area contributed by atoms with Crippen LogP contribution in [0, 0.1) is 6.92 Å². The summed E-state index contributed by atoms with van der Waals surface area (Å²) in [7, 11) is 0. The Bertz CT molecular complexity index is 725. The Hall–Kier alpha value is -2.63. The van der Waals surface area contributed by atoms with Crippen molar-refractivity contribution in [1.82, 2.24) is 19.8 Å². The molecular weight excluding hydrogens is 292 g/mol. The summed E-state index contributed by atoms with van der Waals surface area (Å²) in [6.07, 6.45) is 4.34. The van der Waals surface area contributed by atoms with Crippen LogP contribution in [0.2, 0.25) is 0 Å². The third-order valence-electron chi connectivity index (χ3n) is 4.33. The molecule has 1 aromatic heterocycles. The molecule has 1 unspecified atom stereocenters. The molecule has 3 rings (SSSR count). The number of rotatable bonds is 5. The molecule has 1 aliphatic rings. The van der Waals surface area contributed by atoms with Crippen molar-refractivity contribution in [3.63, 3.8) is 0 Å². The number of imidazole rings is 1. The van der Waals surface area contributed by atoms with Gasteiger partial charge >= 0.3 is 6.03 Å². The normalized spacial score (nSPS) is 20.9. The zero-order valence-corrected chi connectivity index (χ0v) is 13.3. The third-order valence-corrected chi connectivity index (χ3v) is 4.33. The van der Waals surface area contributed by atoms with Crippen molar-refractivity contribution < 1.29 is 9.59 Å². The maximum absolute atomic E-state index is 12.7. The third kappa shape index (κ3) is 2.72. The van der Waals surface area contributed by atoms with Gasteiger partial charge in [0, 0.05) is 25.5 Å². The van der Waals surface area contributed by atoms with Crippen LogP contribution in [0.3, 0.4) is 0 Å².